The van der Waals surface area contributed by atoms with Gasteiger partial charge in [0.15, 0.2) is 5.78 Å². The van der Waals surface area contributed by atoms with Crippen LogP contribution in [-0.4, -0.2) is 16.9 Å². The van der Waals surface area contributed by atoms with Crippen LogP contribution >= 0.6 is 31.9 Å². The Morgan fingerprint density at radius 1 is 1.19 bits per heavy atom. The normalized spacial score (nSPS) is 10.2. The maximum Gasteiger partial charge on any atom is 0.303 e. The van der Waals surface area contributed by atoms with Crippen molar-refractivity contribution in [1.29, 1.82) is 0 Å². The van der Waals surface area contributed by atoms with Crippen molar-refractivity contribution in [3.05, 3.63) is 32.2 Å². The fraction of sp³-hybridized carbons (Fsp3) is 0.273. The Morgan fingerprint density at radius 3 is 2.12 bits per heavy atom. The van der Waals surface area contributed by atoms with E-state index in [-0.39, 0.29) is 18.6 Å². The predicted octanol–water partition coefficient (Wildman–Crippen LogP) is 3.57. The van der Waals surface area contributed by atoms with E-state index in [0.29, 0.717) is 5.56 Å². The summed E-state index contributed by atoms with van der Waals surface area (Å²) in [5.74, 6) is -1.12. The second-order valence-electron chi connectivity index (χ2n) is 3.38. The minimum absolute atomic E-state index is 0.0251. The van der Waals surface area contributed by atoms with Gasteiger partial charge in [0.05, 0.1) is 6.42 Å². The molecule has 3 nitrogen and oxygen atoms in total. The summed E-state index contributed by atoms with van der Waals surface area (Å²) in [7, 11) is 0. The van der Waals surface area contributed by atoms with Crippen molar-refractivity contribution in [3.8, 4) is 0 Å². The Labute approximate surface area is 110 Å². The lowest BCUT2D eigenvalue weighted by Gasteiger charge is -2.05. The molecule has 1 rings (SSSR count). The van der Waals surface area contributed by atoms with Crippen LogP contribution in [0.4, 0.5) is 0 Å². The molecule has 0 unspecified atom stereocenters. The van der Waals surface area contributed by atoms with E-state index in [1.54, 1.807) is 12.1 Å². The molecule has 1 aromatic rings. The number of aliphatic carboxylic acids is 1. The number of carbonyl (C=O) groups is 2. The molecule has 0 saturated heterocycles. The fourth-order valence-corrected chi connectivity index (χ4v) is 2.36. The summed E-state index contributed by atoms with van der Waals surface area (Å²) in [6, 6.07) is 3.43. The van der Waals surface area contributed by atoms with E-state index in [0.717, 1.165) is 14.5 Å². The van der Waals surface area contributed by atoms with E-state index in [1.165, 1.54) is 0 Å². The van der Waals surface area contributed by atoms with Crippen LogP contribution in [0.2, 0.25) is 0 Å². The second-order valence-corrected chi connectivity index (χ2v) is 5.09. The van der Waals surface area contributed by atoms with Crippen LogP contribution in [0.25, 0.3) is 0 Å². The van der Waals surface area contributed by atoms with Crippen molar-refractivity contribution in [3.63, 3.8) is 0 Å². The summed E-state index contributed by atoms with van der Waals surface area (Å²) in [4.78, 5) is 22.0. The van der Waals surface area contributed by atoms with Crippen molar-refractivity contribution < 1.29 is 14.7 Å². The summed E-state index contributed by atoms with van der Waals surface area (Å²) in [6.45, 7) is 1.92. The molecular formula is C11H10Br2O3. The number of ketones is 1. The van der Waals surface area contributed by atoms with Gasteiger partial charge in [-0.3, -0.25) is 9.59 Å². The van der Waals surface area contributed by atoms with Gasteiger partial charge in [-0.05, 0) is 24.6 Å². The average Bonchev–Trinajstić information content (AvgIpc) is 2.21. The number of carboxylic acid groups (broad SMARTS) is 1. The average molecular weight is 350 g/mol. The van der Waals surface area contributed by atoms with Crippen LogP contribution < -0.4 is 0 Å². The summed E-state index contributed by atoms with van der Waals surface area (Å²) >= 11 is 6.69. The molecule has 0 aromatic heterocycles. The number of hydrogen-bond acceptors (Lipinski definition) is 2. The first kappa shape index (κ1) is 13.4. The third kappa shape index (κ3) is 3.42. The monoisotopic (exact) mass is 348 g/mol. The smallest absolute Gasteiger partial charge is 0.303 e. The maximum atomic E-state index is 11.7. The highest BCUT2D eigenvalue weighted by Gasteiger charge is 2.11. The summed E-state index contributed by atoms with van der Waals surface area (Å²) in [5.41, 5.74) is 1.53. The van der Waals surface area contributed by atoms with Crippen LogP contribution in [-0.2, 0) is 4.79 Å². The first-order valence-electron chi connectivity index (χ1n) is 4.62. The number of hydrogen-bond donors (Lipinski definition) is 1. The molecule has 0 heterocycles. The van der Waals surface area contributed by atoms with Gasteiger partial charge in [0.1, 0.15) is 0 Å². The first-order chi connectivity index (χ1) is 7.41. The van der Waals surface area contributed by atoms with E-state index < -0.39 is 5.97 Å². The minimum Gasteiger partial charge on any atom is -0.481 e. The molecule has 86 valence electrons. The van der Waals surface area contributed by atoms with Crippen molar-refractivity contribution in [2.45, 2.75) is 19.8 Å². The number of carboxylic acids is 1. The van der Waals surface area contributed by atoms with Crippen LogP contribution in [0.15, 0.2) is 21.1 Å². The van der Waals surface area contributed by atoms with Gasteiger partial charge in [0, 0.05) is 20.9 Å². The van der Waals surface area contributed by atoms with Gasteiger partial charge >= 0.3 is 5.97 Å². The summed E-state index contributed by atoms with van der Waals surface area (Å²) in [5, 5.41) is 8.49. The molecule has 0 aliphatic heterocycles. The van der Waals surface area contributed by atoms with Gasteiger partial charge < -0.3 is 5.11 Å². The van der Waals surface area contributed by atoms with Gasteiger partial charge in [-0.2, -0.15) is 0 Å². The lowest BCUT2D eigenvalue weighted by atomic mass is 10.1. The van der Waals surface area contributed by atoms with Crippen LogP contribution in [0.1, 0.15) is 28.8 Å². The molecule has 0 spiro atoms. The van der Waals surface area contributed by atoms with E-state index >= 15 is 0 Å². The quantitative estimate of drug-likeness (QED) is 0.845. The Bertz CT molecular complexity index is 418. The Balaban J connectivity index is 2.88. The molecule has 0 aliphatic carbocycles. The van der Waals surface area contributed by atoms with Crippen molar-refractivity contribution in [2.75, 3.05) is 0 Å². The van der Waals surface area contributed by atoms with Crippen LogP contribution in [0, 0.1) is 6.92 Å². The molecule has 0 saturated carbocycles. The largest absolute Gasteiger partial charge is 0.481 e. The topological polar surface area (TPSA) is 54.4 Å². The lowest BCUT2D eigenvalue weighted by molar-refractivity contribution is -0.136. The van der Waals surface area contributed by atoms with E-state index in [9.17, 15) is 9.59 Å². The number of benzene rings is 1. The zero-order chi connectivity index (χ0) is 12.3. The maximum absolute atomic E-state index is 11.7. The molecule has 0 radical (unpaired) electrons. The molecule has 5 heteroatoms. The van der Waals surface area contributed by atoms with Crippen molar-refractivity contribution in [2.24, 2.45) is 0 Å². The van der Waals surface area contributed by atoms with Crippen molar-refractivity contribution >= 4 is 43.6 Å². The Morgan fingerprint density at radius 2 is 1.69 bits per heavy atom. The SMILES string of the molecule is Cc1c(Br)cc(C(=O)CCC(=O)O)cc1Br. The zero-order valence-corrected chi connectivity index (χ0v) is 11.8. The van der Waals surface area contributed by atoms with Gasteiger partial charge in [0.2, 0.25) is 0 Å². The molecule has 16 heavy (non-hydrogen) atoms. The molecular weight excluding hydrogens is 340 g/mol. The number of carbonyl (C=O) groups excluding carboxylic acids is 1. The van der Waals surface area contributed by atoms with Gasteiger partial charge in [-0.15, -0.1) is 0 Å². The number of halogens is 2. The second kappa shape index (κ2) is 5.59. The zero-order valence-electron chi connectivity index (χ0n) is 8.59. The third-order valence-electron chi connectivity index (χ3n) is 2.17. The molecule has 0 atom stereocenters. The van der Waals surface area contributed by atoms with Gasteiger partial charge in [-0.25, -0.2) is 0 Å². The van der Waals surface area contributed by atoms with Gasteiger partial charge in [-0.1, -0.05) is 31.9 Å². The minimum atomic E-state index is -0.960. The fourth-order valence-electron chi connectivity index (χ4n) is 1.17. The molecule has 1 N–H and O–H groups in total. The van der Waals surface area contributed by atoms with Crippen LogP contribution in [0.5, 0.6) is 0 Å². The molecule has 0 amide bonds. The molecule has 0 bridgehead atoms. The summed E-state index contributed by atoms with van der Waals surface area (Å²) < 4.78 is 1.67. The predicted molar refractivity (Wildman–Crippen MR) is 67.8 cm³/mol. The molecule has 0 aliphatic rings. The number of rotatable bonds is 4. The lowest BCUT2D eigenvalue weighted by Crippen LogP contribution is -2.04. The first-order valence-corrected chi connectivity index (χ1v) is 6.21. The third-order valence-corrected chi connectivity index (χ3v) is 3.82. The highest BCUT2D eigenvalue weighted by molar-refractivity contribution is 9.11. The van der Waals surface area contributed by atoms with E-state index in [2.05, 4.69) is 31.9 Å². The number of Topliss-reactive ketones (excluding diaryl/α,β-unsaturated/α-hetero) is 1. The summed E-state index contributed by atoms with van der Waals surface area (Å²) in [6.07, 6.45) is -0.112. The van der Waals surface area contributed by atoms with E-state index in [1.807, 2.05) is 6.92 Å². The Kier molecular flexibility index (Phi) is 4.68. The van der Waals surface area contributed by atoms with Crippen molar-refractivity contribution in [1.82, 2.24) is 0 Å². The Hall–Kier alpha value is -0.680. The van der Waals surface area contributed by atoms with Gasteiger partial charge in [0.25, 0.3) is 0 Å². The standard InChI is InChI=1S/C11H10Br2O3/c1-6-8(12)4-7(5-9(6)13)10(14)2-3-11(15)16/h4-5H,2-3H2,1H3,(H,15,16). The van der Waals surface area contributed by atoms with E-state index in [4.69, 9.17) is 5.11 Å². The molecule has 1 aromatic carbocycles. The highest BCUT2D eigenvalue weighted by Crippen LogP contribution is 2.27. The van der Waals surface area contributed by atoms with Crippen LogP contribution in [0.3, 0.4) is 0 Å². The highest BCUT2D eigenvalue weighted by atomic mass is 79.9. The molecule has 0 fully saturated rings.